The Labute approximate surface area is 160 Å². The largest absolute Gasteiger partial charge is 0.484 e. The van der Waals surface area contributed by atoms with Crippen LogP contribution in [0.25, 0.3) is 0 Å². The molecule has 152 valence electrons. The molecule has 0 unspecified atom stereocenters. The lowest BCUT2D eigenvalue weighted by Crippen LogP contribution is -2.37. The number of rotatable bonds is 6. The number of likely N-dealkylation sites (N-methyl/N-ethyl adjacent to an activating group) is 1. The van der Waals surface area contributed by atoms with Crippen LogP contribution in [0.5, 0.6) is 5.75 Å². The van der Waals surface area contributed by atoms with E-state index >= 15 is 0 Å². The number of hydrogen-bond donors (Lipinski definition) is 0. The molecule has 2 heterocycles. The van der Waals surface area contributed by atoms with Gasteiger partial charge in [-0.2, -0.15) is 13.2 Å². The smallest absolute Gasteiger partial charge is 0.416 e. The summed E-state index contributed by atoms with van der Waals surface area (Å²) in [7, 11) is 1.66. The van der Waals surface area contributed by atoms with E-state index in [0.717, 1.165) is 31.4 Å². The minimum atomic E-state index is -4.45. The van der Waals surface area contributed by atoms with Gasteiger partial charge in [0.15, 0.2) is 12.3 Å². The summed E-state index contributed by atoms with van der Waals surface area (Å²) in [5.41, 5.74) is -0.694. The van der Waals surface area contributed by atoms with Gasteiger partial charge >= 0.3 is 6.18 Å². The van der Waals surface area contributed by atoms with Crippen LogP contribution in [0, 0.1) is 0 Å². The molecule has 1 aromatic heterocycles. The summed E-state index contributed by atoms with van der Waals surface area (Å²) in [5.74, 6) is -0.182. The summed E-state index contributed by atoms with van der Waals surface area (Å²) in [6.45, 7) is 0.972. The van der Waals surface area contributed by atoms with Crippen LogP contribution in [0.2, 0.25) is 0 Å². The molecule has 1 aromatic carbocycles. The molecule has 1 amide bonds. The fourth-order valence-corrected chi connectivity index (χ4v) is 2.92. The molecule has 0 aliphatic carbocycles. The molecule has 2 aromatic rings. The predicted molar refractivity (Wildman–Crippen MR) is 92.8 cm³/mol. The van der Waals surface area contributed by atoms with E-state index in [0.29, 0.717) is 13.2 Å². The van der Waals surface area contributed by atoms with E-state index in [9.17, 15) is 18.0 Å². The van der Waals surface area contributed by atoms with Crippen molar-refractivity contribution in [2.75, 3.05) is 20.2 Å². The predicted octanol–water partition coefficient (Wildman–Crippen LogP) is 3.91. The number of carbonyl (C=O) groups excluding carboxylic acids is 1. The maximum absolute atomic E-state index is 12.7. The second-order valence-electron chi connectivity index (χ2n) is 6.62. The Morgan fingerprint density at radius 2 is 2.18 bits per heavy atom. The van der Waals surface area contributed by atoms with Gasteiger partial charge in [-0.1, -0.05) is 6.07 Å². The first kappa shape index (κ1) is 20.2. The number of nitrogens with zero attached hydrogens (tertiary/aromatic N) is 2. The van der Waals surface area contributed by atoms with Crippen molar-refractivity contribution in [3.05, 3.63) is 47.7 Å². The molecule has 1 atom stereocenters. The highest BCUT2D eigenvalue weighted by atomic mass is 19.4. The Kier molecular flexibility index (Phi) is 6.23. The van der Waals surface area contributed by atoms with Crippen LogP contribution < -0.4 is 4.74 Å². The standard InChI is InChI=1S/C19H21F3N2O4/c1-24(10-15-6-2-3-8-26-15)18(25)16-11-28-17(23-16)12-27-14-7-4-5-13(9-14)19(20,21)22/h4-5,7,9,11,15H,2-3,6,8,10,12H2,1H3/t15-/m0/s1. The second-order valence-corrected chi connectivity index (χ2v) is 6.62. The molecule has 1 aliphatic rings. The number of halogens is 3. The Balaban J connectivity index is 1.55. The van der Waals surface area contributed by atoms with E-state index in [-0.39, 0.29) is 36.0 Å². The number of alkyl halides is 3. The molecule has 0 saturated carbocycles. The van der Waals surface area contributed by atoms with Crippen molar-refractivity contribution in [3.63, 3.8) is 0 Å². The van der Waals surface area contributed by atoms with Crippen molar-refractivity contribution in [3.8, 4) is 5.75 Å². The summed E-state index contributed by atoms with van der Waals surface area (Å²) in [6, 6.07) is 4.51. The first-order valence-corrected chi connectivity index (χ1v) is 8.94. The molecule has 3 rings (SSSR count). The van der Waals surface area contributed by atoms with Gasteiger partial charge in [0.2, 0.25) is 5.89 Å². The Hall–Kier alpha value is -2.55. The number of carbonyl (C=O) groups is 1. The third kappa shape index (κ3) is 5.25. The quantitative estimate of drug-likeness (QED) is 0.738. The van der Waals surface area contributed by atoms with Crippen LogP contribution in [0.15, 0.2) is 34.9 Å². The van der Waals surface area contributed by atoms with Crippen molar-refractivity contribution in [1.29, 1.82) is 0 Å². The second kappa shape index (κ2) is 8.64. The highest BCUT2D eigenvalue weighted by Gasteiger charge is 2.30. The SMILES string of the molecule is CN(C[C@@H]1CCCCO1)C(=O)c1coc(COc2cccc(C(F)(F)F)c2)n1. The monoisotopic (exact) mass is 398 g/mol. The summed E-state index contributed by atoms with van der Waals surface area (Å²) in [6.07, 6.45) is -0.203. The third-order valence-corrected chi connectivity index (χ3v) is 4.39. The number of benzene rings is 1. The molecular weight excluding hydrogens is 377 g/mol. The molecule has 6 nitrogen and oxygen atoms in total. The fraction of sp³-hybridized carbons (Fsp3) is 0.474. The Morgan fingerprint density at radius 1 is 1.36 bits per heavy atom. The molecule has 28 heavy (non-hydrogen) atoms. The number of ether oxygens (including phenoxy) is 2. The summed E-state index contributed by atoms with van der Waals surface area (Å²) >= 11 is 0. The van der Waals surface area contributed by atoms with Gasteiger partial charge in [0.05, 0.1) is 11.7 Å². The maximum Gasteiger partial charge on any atom is 0.416 e. The lowest BCUT2D eigenvalue weighted by atomic mass is 10.1. The molecular formula is C19H21F3N2O4. The maximum atomic E-state index is 12.7. The summed E-state index contributed by atoms with van der Waals surface area (Å²) in [4.78, 5) is 18.0. The Morgan fingerprint density at radius 3 is 2.89 bits per heavy atom. The Bertz CT molecular complexity index is 800. The zero-order valence-electron chi connectivity index (χ0n) is 15.4. The summed E-state index contributed by atoms with van der Waals surface area (Å²) in [5, 5.41) is 0. The highest BCUT2D eigenvalue weighted by Crippen LogP contribution is 2.31. The highest BCUT2D eigenvalue weighted by molar-refractivity contribution is 5.91. The van der Waals surface area contributed by atoms with Crippen LogP contribution in [0.1, 0.15) is 41.2 Å². The van der Waals surface area contributed by atoms with E-state index in [4.69, 9.17) is 13.9 Å². The molecule has 1 saturated heterocycles. The van der Waals surface area contributed by atoms with Crippen LogP contribution >= 0.6 is 0 Å². The van der Waals surface area contributed by atoms with E-state index in [2.05, 4.69) is 4.98 Å². The van der Waals surface area contributed by atoms with Gasteiger partial charge in [0.1, 0.15) is 12.0 Å². The number of hydrogen-bond acceptors (Lipinski definition) is 5. The van der Waals surface area contributed by atoms with Gasteiger partial charge in [-0.25, -0.2) is 4.98 Å². The molecule has 1 aliphatic heterocycles. The lowest BCUT2D eigenvalue weighted by Gasteiger charge is -2.26. The van der Waals surface area contributed by atoms with E-state index < -0.39 is 11.7 Å². The molecule has 0 radical (unpaired) electrons. The van der Waals surface area contributed by atoms with Gasteiger partial charge < -0.3 is 18.8 Å². The zero-order chi connectivity index (χ0) is 20.1. The fourth-order valence-electron chi connectivity index (χ4n) is 2.92. The first-order valence-electron chi connectivity index (χ1n) is 8.94. The van der Waals surface area contributed by atoms with Crippen molar-refractivity contribution in [1.82, 2.24) is 9.88 Å². The minimum absolute atomic E-state index is 0.0123. The average molecular weight is 398 g/mol. The molecule has 9 heteroatoms. The molecule has 0 N–H and O–H groups in total. The van der Waals surface area contributed by atoms with Crippen LogP contribution in [-0.4, -0.2) is 42.1 Å². The van der Waals surface area contributed by atoms with Crippen molar-refractivity contribution in [2.45, 2.75) is 38.1 Å². The number of oxazole rings is 1. The molecule has 1 fully saturated rings. The number of amides is 1. The normalized spacial score (nSPS) is 17.4. The van der Waals surface area contributed by atoms with E-state index in [1.165, 1.54) is 23.3 Å². The van der Waals surface area contributed by atoms with Crippen molar-refractivity contribution in [2.24, 2.45) is 0 Å². The van der Waals surface area contributed by atoms with Crippen LogP contribution in [0.3, 0.4) is 0 Å². The topological polar surface area (TPSA) is 64.8 Å². The van der Waals surface area contributed by atoms with Crippen LogP contribution in [0.4, 0.5) is 13.2 Å². The molecule has 0 bridgehead atoms. The van der Waals surface area contributed by atoms with Gasteiger partial charge in [-0.15, -0.1) is 0 Å². The van der Waals surface area contributed by atoms with Crippen molar-refractivity contribution >= 4 is 5.91 Å². The van der Waals surface area contributed by atoms with E-state index in [1.807, 2.05) is 0 Å². The average Bonchev–Trinajstić information content (AvgIpc) is 3.15. The van der Waals surface area contributed by atoms with E-state index in [1.54, 1.807) is 7.05 Å². The van der Waals surface area contributed by atoms with Crippen LogP contribution in [-0.2, 0) is 17.5 Å². The molecule has 0 spiro atoms. The minimum Gasteiger partial charge on any atom is -0.484 e. The third-order valence-electron chi connectivity index (χ3n) is 4.39. The van der Waals surface area contributed by atoms with Crippen molar-refractivity contribution < 1.29 is 31.9 Å². The van der Waals surface area contributed by atoms with Gasteiger partial charge in [0.25, 0.3) is 5.91 Å². The number of aromatic nitrogens is 1. The lowest BCUT2D eigenvalue weighted by molar-refractivity contribution is -0.137. The first-order chi connectivity index (χ1) is 13.3. The zero-order valence-corrected chi connectivity index (χ0v) is 15.4. The van der Waals surface area contributed by atoms with Gasteiger partial charge in [-0.05, 0) is 37.5 Å². The summed E-state index contributed by atoms with van der Waals surface area (Å²) < 4.78 is 54.3. The van der Waals surface area contributed by atoms with Gasteiger partial charge in [0, 0.05) is 20.2 Å². The van der Waals surface area contributed by atoms with Gasteiger partial charge in [-0.3, -0.25) is 4.79 Å².